The van der Waals surface area contributed by atoms with E-state index in [0.717, 1.165) is 30.6 Å². The number of para-hydroxylation sites is 1. The van der Waals surface area contributed by atoms with Crippen LogP contribution >= 0.6 is 0 Å². The van der Waals surface area contributed by atoms with Gasteiger partial charge in [-0.05, 0) is 25.0 Å². The summed E-state index contributed by atoms with van der Waals surface area (Å²) in [6.45, 7) is 2.78. The molecule has 13 heteroatoms. The van der Waals surface area contributed by atoms with Gasteiger partial charge < -0.3 is 20.3 Å². The van der Waals surface area contributed by atoms with E-state index in [1.807, 2.05) is 0 Å². The highest BCUT2D eigenvalue weighted by molar-refractivity contribution is 7.89. The van der Waals surface area contributed by atoms with Gasteiger partial charge >= 0.3 is 0 Å². The zero-order chi connectivity index (χ0) is 24.3. The summed E-state index contributed by atoms with van der Waals surface area (Å²) in [4.78, 5) is 23.7. The SMILES string of the molecule is O=C(CNc1ccccc1S(=O)(=O)N1CCOCC1)N[C@@H]1CCCN(c2ncnc3[nH]ncc23)C1. The van der Waals surface area contributed by atoms with E-state index in [1.54, 1.807) is 30.5 Å². The zero-order valence-corrected chi connectivity index (χ0v) is 20.0. The van der Waals surface area contributed by atoms with E-state index < -0.39 is 10.0 Å². The monoisotopic (exact) mass is 500 g/mol. The second kappa shape index (κ2) is 10.1. The molecule has 186 valence electrons. The fraction of sp³-hybridized carbons (Fsp3) is 0.455. The minimum Gasteiger partial charge on any atom is -0.379 e. The van der Waals surface area contributed by atoms with Crippen LogP contribution in [0.25, 0.3) is 11.0 Å². The lowest BCUT2D eigenvalue weighted by atomic mass is 10.1. The van der Waals surface area contributed by atoms with Crippen molar-refractivity contribution in [3.05, 3.63) is 36.8 Å². The first-order valence-corrected chi connectivity index (χ1v) is 13.1. The molecule has 3 N–H and O–H groups in total. The maximum atomic E-state index is 13.1. The number of piperidine rings is 1. The van der Waals surface area contributed by atoms with Crippen molar-refractivity contribution in [2.24, 2.45) is 0 Å². The summed E-state index contributed by atoms with van der Waals surface area (Å²) in [5.41, 5.74) is 1.08. The van der Waals surface area contributed by atoms with Crippen molar-refractivity contribution >= 4 is 38.5 Å². The average Bonchev–Trinajstić information content (AvgIpc) is 3.37. The van der Waals surface area contributed by atoms with Gasteiger partial charge in [0.2, 0.25) is 15.9 Å². The number of aromatic amines is 1. The molecule has 1 amide bonds. The first-order valence-electron chi connectivity index (χ1n) is 11.6. The number of carbonyl (C=O) groups is 1. The van der Waals surface area contributed by atoms with Crippen molar-refractivity contribution in [3.8, 4) is 0 Å². The molecule has 12 nitrogen and oxygen atoms in total. The van der Waals surface area contributed by atoms with Gasteiger partial charge in [0.05, 0.1) is 37.0 Å². The van der Waals surface area contributed by atoms with E-state index in [2.05, 4.69) is 35.7 Å². The number of fused-ring (bicyclic) bond motifs is 1. The number of sulfonamides is 1. The number of aromatic nitrogens is 4. The van der Waals surface area contributed by atoms with Crippen molar-refractivity contribution in [1.29, 1.82) is 0 Å². The Kier molecular flexibility index (Phi) is 6.79. The Balaban J connectivity index is 1.21. The number of anilines is 2. The zero-order valence-electron chi connectivity index (χ0n) is 19.2. The van der Waals surface area contributed by atoms with Gasteiger partial charge in [0.1, 0.15) is 17.0 Å². The highest BCUT2D eigenvalue weighted by Gasteiger charge is 2.29. The molecule has 1 atom stereocenters. The molecule has 2 saturated heterocycles. The molecule has 2 aliphatic heterocycles. The quantitative estimate of drug-likeness (QED) is 0.424. The Morgan fingerprint density at radius 2 is 2.00 bits per heavy atom. The van der Waals surface area contributed by atoms with Gasteiger partial charge in [-0.25, -0.2) is 18.4 Å². The largest absolute Gasteiger partial charge is 0.379 e. The molecule has 35 heavy (non-hydrogen) atoms. The second-order valence-electron chi connectivity index (χ2n) is 8.55. The Labute approximate surface area is 203 Å². The maximum absolute atomic E-state index is 13.1. The minimum atomic E-state index is -3.69. The van der Waals surface area contributed by atoms with E-state index >= 15 is 0 Å². The molecule has 1 aromatic carbocycles. The van der Waals surface area contributed by atoms with E-state index in [4.69, 9.17) is 4.74 Å². The molecular formula is C22H28N8O4S. The highest BCUT2D eigenvalue weighted by atomic mass is 32.2. The number of rotatable bonds is 7. The molecule has 0 bridgehead atoms. The van der Waals surface area contributed by atoms with E-state index in [-0.39, 0.29) is 23.4 Å². The van der Waals surface area contributed by atoms with Crippen LogP contribution in [0.15, 0.2) is 41.7 Å². The van der Waals surface area contributed by atoms with Gasteiger partial charge in [0.25, 0.3) is 0 Å². The number of carbonyl (C=O) groups excluding carboxylic acids is 1. The Bertz CT molecular complexity index is 1290. The molecule has 5 rings (SSSR count). The van der Waals surface area contributed by atoms with Gasteiger partial charge in [0.15, 0.2) is 5.65 Å². The lowest BCUT2D eigenvalue weighted by Crippen LogP contribution is -2.49. The summed E-state index contributed by atoms with van der Waals surface area (Å²) in [5.74, 6) is 0.592. The van der Waals surface area contributed by atoms with Crippen molar-refractivity contribution in [2.45, 2.75) is 23.8 Å². The second-order valence-corrected chi connectivity index (χ2v) is 10.5. The Hall–Kier alpha value is -3.29. The van der Waals surface area contributed by atoms with Gasteiger partial charge in [-0.15, -0.1) is 0 Å². The first kappa shape index (κ1) is 23.5. The number of hydrogen-bond donors (Lipinski definition) is 3. The van der Waals surface area contributed by atoms with E-state index in [0.29, 0.717) is 44.2 Å². The van der Waals surface area contributed by atoms with Crippen molar-refractivity contribution in [3.63, 3.8) is 0 Å². The molecular weight excluding hydrogens is 472 g/mol. The topological polar surface area (TPSA) is 145 Å². The van der Waals surface area contributed by atoms with Gasteiger partial charge in [-0.3, -0.25) is 9.89 Å². The fourth-order valence-electron chi connectivity index (χ4n) is 4.51. The van der Waals surface area contributed by atoms with Gasteiger partial charge in [-0.1, -0.05) is 12.1 Å². The van der Waals surface area contributed by atoms with Crippen LogP contribution < -0.4 is 15.5 Å². The van der Waals surface area contributed by atoms with Crippen molar-refractivity contribution < 1.29 is 17.9 Å². The summed E-state index contributed by atoms with van der Waals surface area (Å²) in [6, 6.07) is 6.61. The summed E-state index contributed by atoms with van der Waals surface area (Å²) in [7, 11) is -3.69. The minimum absolute atomic E-state index is 0.0361. The number of nitrogens with zero attached hydrogens (tertiary/aromatic N) is 5. The summed E-state index contributed by atoms with van der Waals surface area (Å²) >= 11 is 0. The van der Waals surface area contributed by atoms with Gasteiger partial charge in [-0.2, -0.15) is 9.40 Å². The van der Waals surface area contributed by atoms with Crippen LogP contribution in [-0.2, 0) is 19.6 Å². The van der Waals surface area contributed by atoms with Crippen LogP contribution in [0.2, 0.25) is 0 Å². The van der Waals surface area contributed by atoms with Crippen molar-refractivity contribution in [1.82, 2.24) is 29.8 Å². The predicted molar refractivity (Wildman–Crippen MR) is 130 cm³/mol. The van der Waals surface area contributed by atoms with E-state index in [9.17, 15) is 13.2 Å². The first-order chi connectivity index (χ1) is 17.0. The molecule has 0 spiro atoms. The lowest BCUT2D eigenvalue weighted by Gasteiger charge is -2.34. The van der Waals surface area contributed by atoms with E-state index in [1.165, 1.54) is 10.6 Å². The number of hydrogen-bond acceptors (Lipinski definition) is 9. The number of nitrogens with one attached hydrogen (secondary N) is 3. The molecule has 3 aromatic rings. The number of ether oxygens (including phenoxy) is 1. The molecule has 2 aromatic heterocycles. The molecule has 4 heterocycles. The average molecular weight is 501 g/mol. The third kappa shape index (κ3) is 5.06. The number of amides is 1. The third-order valence-electron chi connectivity index (χ3n) is 6.23. The van der Waals surface area contributed by atoms with Crippen LogP contribution in [0.5, 0.6) is 0 Å². The molecule has 0 aliphatic carbocycles. The Morgan fingerprint density at radius 3 is 2.86 bits per heavy atom. The maximum Gasteiger partial charge on any atom is 0.245 e. The molecule has 2 aliphatic rings. The van der Waals surface area contributed by atoms with Crippen LogP contribution in [0.1, 0.15) is 12.8 Å². The smallest absolute Gasteiger partial charge is 0.245 e. The van der Waals surface area contributed by atoms with Crippen LogP contribution in [0.4, 0.5) is 11.5 Å². The third-order valence-corrected chi connectivity index (χ3v) is 8.18. The number of H-pyrrole nitrogens is 1. The normalized spacial score (nSPS) is 19.5. The molecule has 0 unspecified atom stereocenters. The van der Waals surface area contributed by atoms with Crippen LogP contribution in [0, 0.1) is 0 Å². The van der Waals surface area contributed by atoms with Crippen LogP contribution in [0.3, 0.4) is 0 Å². The summed E-state index contributed by atoms with van der Waals surface area (Å²) < 4.78 is 32.9. The lowest BCUT2D eigenvalue weighted by molar-refractivity contribution is -0.120. The van der Waals surface area contributed by atoms with Crippen molar-refractivity contribution in [2.75, 3.05) is 56.2 Å². The molecule has 2 fully saturated rings. The summed E-state index contributed by atoms with van der Waals surface area (Å²) in [5, 5.41) is 13.8. The van der Waals surface area contributed by atoms with Gasteiger partial charge in [0, 0.05) is 32.2 Å². The molecule has 0 saturated carbocycles. The number of benzene rings is 1. The number of morpholine rings is 1. The highest BCUT2D eigenvalue weighted by Crippen LogP contribution is 2.26. The fourth-order valence-corrected chi connectivity index (χ4v) is 6.09. The predicted octanol–water partition coefficient (Wildman–Crippen LogP) is 0.571. The van der Waals surface area contributed by atoms with Crippen LogP contribution in [-0.4, -0.2) is 90.8 Å². The Morgan fingerprint density at radius 1 is 1.17 bits per heavy atom. The summed E-state index contributed by atoms with van der Waals surface area (Å²) in [6.07, 6.45) is 4.97. The standard InChI is InChI=1S/C22H28N8O4S/c31-20(13-23-18-5-1-2-6-19(18)35(32,33)30-8-10-34-11-9-30)27-16-4-3-7-29(14-16)22-17-12-26-28-21(17)24-15-25-22/h1-2,5-6,12,15-16,23H,3-4,7-11,13-14H2,(H,27,31)(H,24,25,26,28)/t16-/m1/s1. The molecule has 0 radical (unpaired) electrons.